The van der Waals surface area contributed by atoms with Gasteiger partial charge in [0, 0.05) is 5.56 Å². The molecular weight excluding hydrogens is 230 g/mol. The first-order valence-electron chi connectivity index (χ1n) is 5.53. The molecule has 0 aromatic heterocycles. The summed E-state index contributed by atoms with van der Waals surface area (Å²) < 4.78 is 10.5. The van der Waals surface area contributed by atoms with Crippen molar-refractivity contribution in [2.45, 2.75) is 19.9 Å². The number of nitriles is 1. The van der Waals surface area contributed by atoms with Crippen LogP contribution in [0.2, 0.25) is 0 Å². The van der Waals surface area contributed by atoms with Gasteiger partial charge in [-0.1, -0.05) is 0 Å². The van der Waals surface area contributed by atoms with Crippen LogP contribution in [0.15, 0.2) is 23.2 Å². The minimum absolute atomic E-state index is 0.129. The number of hydrogen-bond donors (Lipinski definition) is 1. The average molecular weight is 247 g/mol. The van der Waals surface area contributed by atoms with E-state index < -0.39 is 0 Å². The van der Waals surface area contributed by atoms with E-state index in [2.05, 4.69) is 10.3 Å². The Morgan fingerprint density at radius 1 is 1.39 bits per heavy atom. The average Bonchev–Trinajstić information content (AvgIpc) is 2.38. The third-order valence-corrected chi connectivity index (χ3v) is 2.51. The highest BCUT2D eigenvalue weighted by Gasteiger charge is 2.12. The lowest BCUT2D eigenvalue weighted by atomic mass is 10.1. The van der Waals surface area contributed by atoms with E-state index in [0.717, 1.165) is 17.1 Å². The second-order valence-corrected chi connectivity index (χ2v) is 3.74. The summed E-state index contributed by atoms with van der Waals surface area (Å²) in [4.78, 5) is 4.37. The molecule has 1 aromatic rings. The highest BCUT2D eigenvalue weighted by Crippen LogP contribution is 2.31. The van der Waals surface area contributed by atoms with Gasteiger partial charge in [0.2, 0.25) is 0 Å². The van der Waals surface area contributed by atoms with Gasteiger partial charge >= 0.3 is 0 Å². The van der Waals surface area contributed by atoms with Gasteiger partial charge in [0.1, 0.15) is 17.3 Å². The Hall–Kier alpha value is -2.22. The van der Waals surface area contributed by atoms with Crippen molar-refractivity contribution in [3.8, 4) is 17.7 Å². The first-order chi connectivity index (χ1) is 8.62. The van der Waals surface area contributed by atoms with Crippen LogP contribution < -0.4 is 14.8 Å². The van der Waals surface area contributed by atoms with Gasteiger partial charge in [0.25, 0.3) is 0 Å². The summed E-state index contributed by atoms with van der Waals surface area (Å²) in [6.07, 6.45) is 1.84. The van der Waals surface area contributed by atoms with Gasteiger partial charge in [-0.3, -0.25) is 10.3 Å². The first-order valence-corrected chi connectivity index (χ1v) is 5.53. The molecule has 0 aliphatic rings. The quantitative estimate of drug-likeness (QED) is 0.383. The molecule has 0 amide bonds. The molecule has 0 radical (unpaired) electrons. The molecule has 5 heteroatoms. The summed E-state index contributed by atoms with van der Waals surface area (Å²) >= 11 is 0. The van der Waals surface area contributed by atoms with Gasteiger partial charge in [0.05, 0.1) is 20.3 Å². The number of ether oxygens (including phenoxy) is 2. The van der Waals surface area contributed by atoms with Crippen molar-refractivity contribution in [1.29, 1.82) is 5.26 Å². The van der Waals surface area contributed by atoms with E-state index in [1.165, 1.54) is 0 Å². The van der Waals surface area contributed by atoms with Crippen LogP contribution in [0, 0.1) is 11.5 Å². The predicted molar refractivity (Wildman–Crippen MR) is 69.8 cm³/mol. The van der Waals surface area contributed by atoms with Crippen LogP contribution in [0.4, 0.5) is 0 Å². The Balaban J connectivity index is 3.07. The lowest BCUT2D eigenvalue weighted by molar-refractivity contribution is 0.396. The summed E-state index contributed by atoms with van der Waals surface area (Å²) in [5.41, 5.74) is 0.913. The Bertz CT molecular complexity index is 478. The monoisotopic (exact) mass is 247 g/mol. The second-order valence-electron chi connectivity index (χ2n) is 3.74. The zero-order chi connectivity index (χ0) is 13.5. The van der Waals surface area contributed by atoms with Crippen LogP contribution in [-0.4, -0.2) is 20.1 Å². The Labute approximate surface area is 107 Å². The highest BCUT2D eigenvalue weighted by molar-refractivity contribution is 5.81. The Morgan fingerprint density at radius 3 is 2.67 bits per heavy atom. The highest BCUT2D eigenvalue weighted by atomic mass is 16.5. The number of benzene rings is 1. The number of methoxy groups -OCH3 is 2. The molecule has 1 atom stereocenters. The SMILES string of the molecule is COc1ccc(OC)c([C@@H](C)N=C(C)NC#N)c1. The maximum Gasteiger partial charge on any atom is 0.182 e. The van der Waals surface area contributed by atoms with Gasteiger partial charge in [-0.2, -0.15) is 5.26 Å². The molecule has 0 saturated heterocycles. The van der Waals surface area contributed by atoms with Crippen LogP contribution in [0.25, 0.3) is 0 Å². The smallest absolute Gasteiger partial charge is 0.182 e. The molecule has 0 heterocycles. The maximum absolute atomic E-state index is 8.52. The molecule has 1 N–H and O–H groups in total. The lowest BCUT2D eigenvalue weighted by Gasteiger charge is -2.14. The lowest BCUT2D eigenvalue weighted by Crippen LogP contribution is -2.14. The topological polar surface area (TPSA) is 66.6 Å². The van der Waals surface area contributed by atoms with E-state index in [1.54, 1.807) is 21.1 Å². The fourth-order valence-electron chi connectivity index (χ4n) is 1.64. The number of hydrogen-bond acceptors (Lipinski definition) is 4. The third kappa shape index (κ3) is 3.39. The van der Waals surface area contributed by atoms with Crippen molar-refractivity contribution >= 4 is 5.84 Å². The first kappa shape index (κ1) is 13.8. The van der Waals surface area contributed by atoms with Gasteiger partial charge in [-0.15, -0.1) is 0 Å². The summed E-state index contributed by atoms with van der Waals surface area (Å²) in [6, 6.07) is 5.43. The van der Waals surface area contributed by atoms with E-state index in [0.29, 0.717) is 5.84 Å². The van der Waals surface area contributed by atoms with Crippen molar-refractivity contribution in [2.24, 2.45) is 4.99 Å². The van der Waals surface area contributed by atoms with E-state index in [9.17, 15) is 0 Å². The van der Waals surface area contributed by atoms with Crippen molar-refractivity contribution in [3.05, 3.63) is 23.8 Å². The third-order valence-electron chi connectivity index (χ3n) is 2.51. The largest absolute Gasteiger partial charge is 0.497 e. The van der Waals surface area contributed by atoms with Crippen LogP contribution in [-0.2, 0) is 0 Å². The van der Waals surface area contributed by atoms with Crippen molar-refractivity contribution in [2.75, 3.05) is 14.2 Å². The molecule has 96 valence electrons. The molecule has 0 bridgehead atoms. The van der Waals surface area contributed by atoms with Crippen LogP contribution >= 0.6 is 0 Å². The maximum atomic E-state index is 8.52. The molecular formula is C13H17N3O2. The fraction of sp³-hybridized carbons (Fsp3) is 0.385. The number of rotatable bonds is 4. The molecule has 18 heavy (non-hydrogen) atoms. The molecule has 0 aliphatic heterocycles. The summed E-state index contributed by atoms with van der Waals surface area (Å²) in [5, 5.41) is 11.0. The summed E-state index contributed by atoms with van der Waals surface area (Å²) in [6.45, 7) is 3.67. The molecule has 0 spiro atoms. The molecule has 1 aromatic carbocycles. The standard InChI is InChI=1S/C13H17N3O2/c1-9(16-10(2)15-8-14)12-7-11(17-3)5-6-13(12)18-4/h5-7,9H,1-4H3,(H,15,16)/t9-/m1/s1. The molecule has 0 fully saturated rings. The minimum atomic E-state index is -0.129. The zero-order valence-electron chi connectivity index (χ0n) is 11.0. The summed E-state index contributed by atoms with van der Waals surface area (Å²) in [7, 11) is 3.23. The van der Waals surface area contributed by atoms with Crippen molar-refractivity contribution in [1.82, 2.24) is 5.32 Å². The van der Waals surface area contributed by atoms with E-state index in [4.69, 9.17) is 14.7 Å². The molecule has 0 saturated carbocycles. The van der Waals surface area contributed by atoms with Crippen LogP contribution in [0.1, 0.15) is 25.5 Å². The van der Waals surface area contributed by atoms with Crippen LogP contribution in [0.3, 0.4) is 0 Å². The molecule has 5 nitrogen and oxygen atoms in total. The van der Waals surface area contributed by atoms with E-state index in [-0.39, 0.29) is 6.04 Å². The molecule has 0 aliphatic carbocycles. The Morgan fingerprint density at radius 2 is 2.11 bits per heavy atom. The second kappa shape index (κ2) is 6.50. The van der Waals surface area contributed by atoms with Gasteiger partial charge in [-0.05, 0) is 32.0 Å². The molecule has 0 unspecified atom stereocenters. The van der Waals surface area contributed by atoms with Gasteiger partial charge in [0.15, 0.2) is 6.19 Å². The number of aliphatic imine (C=N–C) groups is 1. The van der Waals surface area contributed by atoms with Gasteiger partial charge < -0.3 is 9.47 Å². The number of nitrogens with one attached hydrogen (secondary N) is 1. The fourth-order valence-corrected chi connectivity index (χ4v) is 1.64. The van der Waals surface area contributed by atoms with Crippen LogP contribution in [0.5, 0.6) is 11.5 Å². The predicted octanol–water partition coefficient (Wildman–Crippen LogP) is 2.25. The van der Waals surface area contributed by atoms with E-state index >= 15 is 0 Å². The number of amidine groups is 1. The number of nitrogens with zero attached hydrogens (tertiary/aromatic N) is 2. The summed E-state index contributed by atoms with van der Waals surface area (Å²) in [5.74, 6) is 2.06. The Kier molecular flexibility index (Phi) is 5.00. The van der Waals surface area contributed by atoms with Crippen molar-refractivity contribution in [3.63, 3.8) is 0 Å². The van der Waals surface area contributed by atoms with Crippen molar-refractivity contribution < 1.29 is 9.47 Å². The van der Waals surface area contributed by atoms with Gasteiger partial charge in [-0.25, -0.2) is 0 Å². The van der Waals surface area contributed by atoms with E-state index in [1.807, 2.05) is 31.3 Å². The normalized spacial score (nSPS) is 12.5. The minimum Gasteiger partial charge on any atom is -0.497 e. The molecule has 1 rings (SSSR count). The zero-order valence-corrected chi connectivity index (χ0v) is 11.0.